The molecule has 5 aromatic rings. The number of H-pyrrole nitrogens is 1. The lowest BCUT2D eigenvalue weighted by molar-refractivity contribution is -0.0794. The van der Waals surface area contributed by atoms with Gasteiger partial charge in [-0.2, -0.15) is 10.1 Å². The largest absolute Gasteiger partial charge is 0.351 e. The molecule has 170 valence electrons. The van der Waals surface area contributed by atoms with Crippen LogP contribution in [0.1, 0.15) is 23.2 Å². The van der Waals surface area contributed by atoms with Crippen molar-refractivity contribution in [2.24, 2.45) is 0 Å². The lowest BCUT2D eigenvalue weighted by Crippen LogP contribution is -2.44. The number of carbonyl (C=O) groups excluding carboxylic acids is 1. The second-order valence-electron chi connectivity index (χ2n) is 8.26. The van der Waals surface area contributed by atoms with Crippen LogP contribution in [0.25, 0.3) is 27.7 Å². The van der Waals surface area contributed by atoms with Gasteiger partial charge in [0.2, 0.25) is 5.95 Å². The molecule has 5 aromatic heterocycles. The van der Waals surface area contributed by atoms with Gasteiger partial charge in [0.1, 0.15) is 5.65 Å². The molecule has 0 atom stereocenters. The number of pyridine rings is 2. The molecule has 0 aliphatic heterocycles. The molecule has 3 N–H and O–H groups in total. The molecule has 0 radical (unpaired) electrons. The third-order valence-corrected chi connectivity index (χ3v) is 5.85. The number of aromatic amines is 1. The number of nitrogens with zero attached hydrogens (tertiary/aromatic N) is 5. The molecule has 6 rings (SSSR count). The van der Waals surface area contributed by atoms with Crippen LogP contribution in [0, 0.1) is 0 Å². The molecule has 1 fully saturated rings. The average Bonchev–Trinajstić information content (AvgIpc) is 3.42. The number of amides is 1. The molecule has 34 heavy (non-hydrogen) atoms. The smallest absolute Gasteiger partial charge is 0.259 e. The van der Waals surface area contributed by atoms with Gasteiger partial charge < -0.3 is 15.6 Å². The van der Waals surface area contributed by atoms with Gasteiger partial charge in [-0.3, -0.25) is 9.78 Å². The Morgan fingerprint density at radius 3 is 2.88 bits per heavy atom. The number of anilines is 2. The number of nitrogens with one attached hydrogen (secondary N) is 3. The van der Waals surface area contributed by atoms with E-state index in [1.54, 1.807) is 47.6 Å². The number of halogens is 2. The Morgan fingerprint density at radius 1 is 1.21 bits per heavy atom. The summed E-state index contributed by atoms with van der Waals surface area (Å²) < 4.78 is 27.8. The van der Waals surface area contributed by atoms with E-state index in [0.717, 1.165) is 16.5 Å². The highest BCUT2D eigenvalue weighted by atomic mass is 19.3. The Kier molecular flexibility index (Phi) is 4.51. The Bertz CT molecular complexity index is 1520. The average molecular weight is 460 g/mol. The van der Waals surface area contributed by atoms with Crippen molar-refractivity contribution < 1.29 is 13.6 Å². The molecule has 0 unspecified atom stereocenters. The van der Waals surface area contributed by atoms with E-state index in [9.17, 15) is 13.6 Å². The summed E-state index contributed by atoms with van der Waals surface area (Å²) in [7, 11) is 0. The molecule has 1 saturated carbocycles. The first-order valence-corrected chi connectivity index (χ1v) is 10.6. The number of hydrogen-bond donors (Lipinski definition) is 3. The zero-order valence-electron chi connectivity index (χ0n) is 17.7. The van der Waals surface area contributed by atoms with E-state index in [4.69, 9.17) is 0 Å². The lowest BCUT2D eigenvalue weighted by Gasteiger charge is -2.35. The van der Waals surface area contributed by atoms with Crippen LogP contribution >= 0.6 is 0 Å². The number of carbonyl (C=O) groups is 1. The first kappa shape index (κ1) is 20.2. The molecule has 1 aliphatic rings. The van der Waals surface area contributed by atoms with Crippen molar-refractivity contribution in [1.82, 2.24) is 29.5 Å². The monoisotopic (exact) mass is 460 g/mol. The van der Waals surface area contributed by atoms with Crippen molar-refractivity contribution in [3.8, 4) is 11.1 Å². The Morgan fingerprint density at radius 2 is 2.09 bits per heavy atom. The van der Waals surface area contributed by atoms with Gasteiger partial charge in [-0.25, -0.2) is 18.3 Å². The second kappa shape index (κ2) is 7.58. The quantitative estimate of drug-likeness (QED) is 0.364. The zero-order valence-corrected chi connectivity index (χ0v) is 17.7. The minimum Gasteiger partial charge on any atom is -0.351 e. The van der Waals surface area contributed by atoms with Crippen LogP contribution in [0.4, 0.5) is 20.4 Å². The summed E-state index contributed by atoms with van der Waals surface area (Å²) in [6, 6.07) is 6.92. The number of rotatable bonds is 5. The highest BCUT2D eigenvalue weighted by molar-refractivity contribution is 6.09. The van der Waals surface area contributed by atoms with Gasteiger partial charge in [-0.1, -0.05) is 0 Å². The van der Waals surface area contributed by atoms with Crippen molar-refractivity contribution in [1.29, 1.82) is 0 Å². The van der Waals surface area contributed by atoms with Crippen LogP contribution in [0.15, 0.2) is 61.4 Å². The summed E-state index contributed by atoms with van der Waals surface area (Å²) in [4.78, 5) is 28.7. The van der Waals surface area contributed by atoms with Crippen LogP contribution in [-0.2, 0) is 0 Å². The SMILES string of the molecule is O=C(Nc1cccnc1)c1cnn2ccc(-c3c[nH]c4nc(NC5CC(F)(F)C5)ncc34)cc12. The minimum absolute atomic E-state index is 0.216. The molecule has 0 saturated heterocycles. The summed E-state index contributed by atoms with van der Waals surface area (Å²) in [5.74, 6) is -2.59. The van der Waals surface area contributed by atoms with E-state index in [0.29, 0.717) is 28.4 Å². The van der Waals surface area contributed by atoms with Gasteiger partial charge in [-0.15, -0.1) is 0 Å². The normalized spacial score (nSPS) is 15.4. The van der Waals surface area contributed by atoms with Crippen molar-refractivity contribution in [2.45, 2.75) is 24.8 Å². The highest BCUT2D eigenvalue weighted by Crippen LogP contribution is 2.39. The van der Waals surface area contributed by atoms with Crippen molar-refractivity contribution in [3.63, 3.8) is 0 Å². The van der Waals surface area contributed by atoms with Crippen molar-refractivity contribution in [2.75, 3.05) is 10.6 Å². The van der Waals surface area contributed by atoms with Gasteiger partial charge in [0.25, 0.3) is 11.8 Å². The molecule has 1 aliphatic carbocycles. The van der Waals surface area contributed by atoms with E-state index in [-0.39, 0.29) is 24.8 Å². The fraction of sp³-hybridized carbons (Fsp3) is 0.174. The van der Waals surface area contributed by atoms with E-state index in [1.165, 1.54) is 6.20 Å². The van der Waals surface area contributed by atoms with Gasteiger partial charge in [0.05, 0.1) is 29.2 Å². The van der Waals surface area contributed by atoms with Crippen LogP contribution in [0.5, 0.6) is 0 Å². The molecule has 0 spiro atoms. The summed E-state index contributed by atoms with van der Waals surface area (Å²) in [5, 5.41) is 10.8. The van der Waals surface area contributed by atoms with E-state index < -0.39 is 5.92 Å². The predicted molar refractivity (Wildman–Crippen MR) is 122 cm³/mol. The Balaban J connectivity index is 1.29. The summed E-state index contributed by atoms with van der Waals surface area (Å²) in [6.45, 7) is 0. The van der Waals surface area contributed by atoms with Gasteiger partial charge in [0.15, 0.2) is 0 Å². The maximum absolute atomic E-state index is 13.1. The van der Waals surface area contributed by atoms with E-state index >= 15 is 0 Å². The molecule has 0 aromatic carbocycles. The highest BCUT2D eigenvalue weighted by Gasteiger charge is 2.45. The molecule has 1 amide bonds. The Labute approximate surface area is 191 Å². The third-order valence-electron chi connectivity index (χ3n) is 5.85. The summed E-state index contributed by atoms with van der Waals surface area (Å²) in [5.41, 5.74) is 3.92. The Hall–Kier alpha value is -4.41. The zero-order chi connectivity index (χ0) is 23.3. The fourth-order valence-corrected chi connectivity index (χ4v) is 4.12. The van der Waals surface area contributed by atoms with Crippen LogP contribution < -0.4 is 10.6 Å². The lowest BCUT2D eigenvalue weighted by atomic mass is 9.88. The predicted octanol–water partition coefficient (Wildman–Crippen LogP) is 4.13. The molecular formula is C23H18F2N8O. The summed E-state index contributed by atoms with van der Waals surface area (Å²) in [6.07, 6.45) is 9.53. The van der Waals surface area contributed by atoms with Gasteiger partial charge in [0, 0.05) is 54.6 Å². The summed E-state index contributed by atoms with van der Waals surface area (Å²) >= 11 is 0. The first-order valence-electron chi connectivity index (χ1n) is 10.6. The number of fused-ring (bicyclic) bond motifs is 2. The standard InChI is InChI=1S/C23H18F2N8O/c24-23(25)7-15(8-23)31-22-28-11-17-16(10-27-20(17)32-22)13-3-5-33-19(6-13)18(12-29-33)21(34)30-14-2-1-4-26-9-14/h1-6,9-12,15H,7-8H2,(H,30,34)(H2,27,28,31,32). The molecular weight excluding hydrogens is 442 g/mol. The first-order chi connectivity index (χ1) is 16.4. The van der Waals surface area contributed by atoms with Crippen LogP contribution in [0.2, 0.25) is 0 Å². The van der Waals surface area contributed by atoms with Gasteiger partial charge in [-0.05, 0) is 29.8 Å². The molecule has 11 heteroatoms. The number of aromatic nitrogens is 6. The molecule has 0 bridgehead atoms. The maximum Gasteiger partial charge on any atom is 0.259 e. The molecule has 9 nitrogen and oxygen atoms in total. The van der Waals surface area contributed by atoms with Crippen molar-refractivity contribution >= 4 is 34.1 Å². The van der Waals surface area contributed by atoms with E-state index in [2.05, 4.69) is 35.7 Å². The van der Waals surface area contributed by atoms with Crippen molar-refractivity contribution in [3.05, 3.63) is 67.0 Å². The van der Waals surface area contributed by atoms with Gasteiger partial charge >= 0.3 is 0 Å². The van der Waals surface area contributed by atoms with Crippen LogP contribution in [0.3, 0.4) is 0 Å². The number of hydrogen-bond acceptors (Lipinski definition) is 6. The minimum atomic E-state index is -2.61. The van der Waals surface area contributed by atoms with E-state index in [1.807, 2.05) is 12.1 Å². The van der Waals surface area contributed by atoms with Crippen LogP contribution in [-0.4, -0.2) is 47.4 Å². The maximum atomic E-state index is 13.1. The number of alkyl halides is 2. The molecule has 5 heterocycles. The third kappa shape index (κ3) is 3.60. The topological polar surface area (TPSA) is 113 Å². The fourth-order valence-electron chi connectivity index (χ4n) is 4.12. The second-order valence-corrected chi connectivity index (χ2v) is 8.26.